The number of hydrogen-bond donors (Lipinski definition) is 0. The van der Waals surface area contributed by atoms with Crippen molar-refractivity contribution in [2.45, 2.75) is 6.61 Å². The lowest BCUT2D eigenvalue weighted by molar-refractivity contribution is -0.139. The van der Waals surface area contributed by atoms with E-state index in [2.05, 4.69) is 4.98 Å². The molecule has 4 aromatic rings. The van der Waals surface area contributed by atoms with E-state index >= 15 is 0 Å². The molecule has 0 N–H and O–H groups in total. The van der Waals surface area contributed by atoms with Crippen LogP contribution in [0.15, 0.2) is 65.5 Å². The van der Waals surface area contributed by atoms with Crippen molar-refractivity contribution in [3.63, 3.8) is 0 Å². The molecule has 0 aliphatic heterocycles. The fourth-order valence-electron chi connectivity index (χ4n) is 2.63. The first-order valence-corrected chi connectivity index (χ1v) is 8.92. The molecule has 2 aromatic heterocycles. The van der Waals surface area contributed by atoms with Crippen molar-refractivity contribution in [2.24, 2.45) is 0 Å². The molecule has 5 nitrogen and oxygen atoms in total. The van der Waals surface area contributed by atoms with Crippen LogP contribution in [0.4, 0.5) is 4.39 Å². The van der Waals surface area contributed by atoms with Crippen LogP contribution < -0.4 is 5.56 Å². The van der Waals surface area contributed by atoms with Gasteiger partial charge in [-0.1, -0.05) is 35.6 Å². The Morgan fingerprint density at radius 3 is 2.78 bits per heavy atom. The molecule has 0 saturated carbocycles. The third kappa shape index (κ3) is 3.63. The lowest BCUT2D eigenvalue weighted by Gasteiger charge is -2.02. The molecule has 0 atom stereocenters. The average Bonchev–Trinajstić information content (AvgIpc) is 3.05. The van der Waals surface area contributed by atoms with Gasteiger partial charge in [0.05, 0.1) is 15.9 Å². The predicted octanol–water partition coefficient (Wildman–Crippen LogP) is 3.80. The summed E-state index contributed by atoms with van der Waals surface area (Å²) in [6, 6.07) is 14.6. The maximum atomic E-state index is 12.9. The third-order valence-corrected chi connectivity index (χ3v) is 4.91. The molecule has 0 saturated heterocycles. The summed E-state index contributed by atoms with van der Waals surface area (Å²) in [6.07, 6.45) is 2.78. The molecule has 2 heterocycles. The van der Waals surface area contributed by atoms with E-state index in [0.29, 0.717) is 16.2 Å². The molecule has 134 valence electrons. The van der Waals surface area contributed by atoms with Crippen LogP contribution in [0.25, 0.3) is 21.3 Å². The topological polar surface area (TPSA) is 60.7 Å². The number of ether oxygens (including phenoxy) is 1. The second kappa shape index (κ2) is 7.13. The fourth-order valence-corrected chi connectivity index (χ4v) is 3.68. The average molecular weight is 380 g/mol. The number of aromatic nitrogens is 2. The van der Waals surface area contributed by atoms with Gasteiger partial charge in [0.15, 0.2) is 4.96 Å². The van der Waals surface area contributed by atoms with Gasteiger partial charge in [-0.15, -0.1) is 0 Å². The van der Waals surface area contributed by atoms with Crippen molar-refractivity contribution in [1.29, 1.82) is 0 Å². The number of carbonyl (C=O) groups excluding carboxylic acids is 1. The highest BCUT2D eigenvalue weighted by atomic mass is 32.1. The van der Waals surface area contributed by atoms with E-state index < -0.39 is 5.97 Å². The highest BCUT2D eigenvalue weighted by Crippen LogP contribution is 2.23. The molecule has 0 radical (unpaired) electrons. The van der Waals surface area contributed by atoms with E-state index in [-0.39, 0.29) is 18.0 Å². The highest BCUT2D eigenvalue weighted by molar-refractivity contribution is 7.23. The molecule has 4 rings (SSSR count). The van der Waals surface area contributed by atoms with Crippen molar-refractivity contribution in [3.05, 3.63) is 88.1 Å². The maximum absolute atomic E-state index is 12.9. The van der Waals surface area contributed by atoms with Crippen molar-refractivity contribution in [1.82, 2.24) is 9.38 Å². The van der Waals surface area contributed by atoms with E-state index in [1.807, 2.05) is 24.3 Å². The van der Waals surface area contributed by atoms with Crippen LogP contribution in [0, 0.1) is 5.82 Å². The number of rotatable bonds is 4. The monoisotopic (exact) mass is 380 g/mol. The van der Waals surface area contributed by atoms with Gasteiger partial charge in [0.1, 0.15) is 12.4 Å². The number of halogens is 1. The molecule has 0 aliphatic carbocycles. The van der Waals surface area contributed by atoms with Crippen LogP contribution in [0.5, 0.6) is 0 Å². The summed E-state index contributed by atoms with van der Waals surface area (Å²) < 4.78 is 20.5. The second-order valence-electron chi connectivity index (χ2n) is 5.77. The molecule has 0 unspecified atom stereocenters. The number of fused-ring (bicyclic) bond motifs is 3. The Labute approximate surface area is 157 Å². The first-order valence-electron chi connectivity index (χ1n) is 8.11. The number of para-hydroxylation sites is 1. The SMILES string of the molecule is O=C(/C=C/c1ccc(F)cc1)OCc1cc(=O)n2c(n1)sc1ccccc12. The number of thiazole rings is 1. The van der Waals surface area contributed by atoms with Crippen LogP contribution >= 0.6 is 11.3 Å². The fraction of sp³-hybridized carbons (Fsp3) is 0.0500. The van der Waals surface area contributed by atoms with E-state index in [1.54, 1.807) is 16.5 Å². The number of esters is 1. The van der Waals surface area contributed by atoms with E-state index in [4.69, 9.17) is 4.74 Å². The molecular formula is C20H13FN2O3S. The van der Waals surface area contributed by atoms with Crippen LogP contribution in [0.3, 0.4) is 0 Å². The summed E-state index contributed by atoms with van der Waals surface area (Å²) in [5.74, 6) is -0.915. The lowest BCUT2D eigenvalue weighted by atomic mass is 10.2. The summed E-state index contributed by atoms with van der Waals surface area (Å²) in [5.41, 5.74) is 1.65. The van der Waals surface area contributed by atoms with Gasteiger partial charge >= 0.3 is 5.97 Å². The number of nitrogens with zero attached hydrogens (tertiary/aromatic N) is 2. The van der Waals surface area contributed by atoms with Crippen LogP contribution in [0.1, 0.15) is 11.3 Å². The first kappa shape index (κ1) is 17.1. The number of carbonyl (C=O) groups is 1. The molecule has 2 aromatic carbocycles. The zero-order chi connectivity index (χ0) is 18.8. The zero-order valence-corrected chi connectivity index (χ0v) is 14.8. The van der Waals surface area contributed by atoms with E-state index in [9.17, 15) is 14.0 Å². The van der Waals surface area contributed by atoms with Crippen molar-refractivity contribution in [2.75, 3.05) is 0 Å². The van der Waals surface area contributed by atoms with Gasteiger partial charge in [-0.05, 0) is 35.9 Å². The van der Waals surface area contributed by atoms with Crippen LogP contribution in [-0.4, -0.2) is 15.4 Å². The summed E-state index contributed by atoms with van der Waals surface area (Å²) in [6.45, 7) is -0.105. The Hall–Kier alpha value is -3.32. The minimum atomic E-state index is -0.572. The molecule has 7 heteroatoms. The Morgan fingerprint density at radius 1 is 1.19 bits per heavy atom. The summed E-state index contributed by atoms with van der Waals surface area (Å²) in [4.78, 5) is 29.2. The minimum absolute atomic E-state index is 0.105. The molecular weight excluding hydrogens is 367 g/mol. The Morgan fingerprint density at radius 2 is 1.96 bits per heavy atom. The standard InChI is InChI=1S/C20H13FN2O3S/c21-14-8-5-13(6-9-14)7-10-19(25)26-12-15-11-18(24)23-16-3-1-2-4-17(16)27-20(23)22-15/h1-11H,12H2/b10-7+. The van der Waals surface area contributed by atoms with E-state index in [0.717, 1.165) is 10.2 Å². The predicted molar refractivity (Wildman–Crippen MR) is 102 cm³/mol. The molecule has 0 fully saturated rings. The van der Waals surface area contributed by atoms with Crippen molar-refractivity contribution >= 4 is 38.6 Å². The Bertz CT molecular complexity index is 1230. The molecule has 0 amide bonds. The number of hydrogen-bond acceptors (Lipinski definition) is 5. The van der Waals surface area contributed by atoms with Crippen molar-refractivity contribution in [3.8, 4) is 0 Å². The van der Waals surface area contributed by atoms with Gasteiger partial charge in [0.2, 0.25) is 0 Å². The zero-order valence-electron chi connectivity index (χ0n) is 14.0. The maximum Gasteiger partial charge on any atom is 0.331 e. The lowest BCUT2D eigenvalue weighted by Crippen LogP contribution is -2.14. The first-order chi connectivity index (χ1) is 13.1. The summed E-state index contributed by atoms with van der Waals surface area (Å²) in [7, 11) is 0. The van der Waals surface area contributed by atoms with Gasteiger partial charge in [-0.3, -0.25) is 9.20 Å². The van der Waals surface area contributed by atoms with Gasteiger partial charge in [0, 0.05) is 12.1 Å². The van der Waals surface area contributed by atoms with Crippen LogP contribution in [-0.2, 0) is 16.1 Å². The Kier molecular flexibility index (Phi) is 4.52. The van der Waals surface area contributed by atoms with Gasteiger partial charge in [-0.2, -0.15) is 0 Å². The molecule has 0 bridgehead atoms. The Balaban J connectivity index is 1.50. The normalized spacial score (nSPS) is 11.4. The van der Waals surface area contributed by atoms with Gasteiger partial charge < -0.3 is 4.74 Å². The van der Waals surface area contributed by atoms with Gasteiger partial charge in [0.25, 0.3) is 5.56 Å². The molecule has 0 spiro atoms. The second-order valence-corrected chi connectivity index (χ2v) is 6.78. The number of benzene rings is 2. The van der Waals surface area contributed by atoms with Gasteiger partial charge in [-0.25, -0.2) is 14.2 Å². The van der Waals surface area contributed by atoms with Crippen LogP contribution in [0.2, 0.25) is 0 Å². The largest absolute Gasteiger partial charge is 0.456 e. The quantitative estimate of drug-likeness (QED) is 0.399. The smallest absolute Gasteiger partial charge is 0.331 e. The minimum Gasteiger partial charge on any atom is -0.456 e. The molecule has 0 aliphatic rings. The van der Waals surface area contributed by atoms with E-state index in [1.165, 1.54) is 41.7 Å². The third-order valence-electron chi connectivity index (χ3n) is 3.89. The van der Waals surface area contributed by atoms with Crippen molar-refractivity contribution < 1.29 is 13.9 Å². The summed E-state index contributed by atoms with van der Waals surface area (Å²) >= 11 is 1.40. The molecule has 27 heavy (non-hydrogen) atoms. The highest BCUT2D eigenvalue weighted by Gasteiger charge is 2.10. The summed E-state index contributed by atoms with van der Waals surface area (Å²) in [5, 5.41) is 0.